The second kappa shape index (κ2) is 8.70. The van der Waals surface area contributed by atoms with Crippen LogP contribution in [0.3, 0.4) is 0 Å². The van der Waals surface area contributed by atoms with E-state index < -0.39 is 0 Å². The lowest BCUT2D eigenvalue weighted by Crippen LogP contribution is -2.43. The van der Waals surface area contributed by atoms with Crippen molar-refractivity contribution in [3.05, 3.63) is 29.8 Å². The molecule has 22 heavy (non-hydrogen) atoms. The summed E-state index contributed by atoms with van der Waals surface area (Å²) in [4.78, 5) is 12.1. The molecule has 0 aromatic heterocycles. The van der Waals surface area contributed by atoms with Crippen molar-refractivity contribution in [2.24, 2.45) is 0 Å². The maximum atomic E-state index is 12.1. The van der Waals surface area contributed by atoms with Crippen molar-refractivity contribution in [2.45, 2.75) is 31.7 Å². The molecule has 5 nitrogen and oxygen atoms in total. The van der Waals surface area contributed by atoms with Gasteiger partial charge in [0.1, 0.15) is 12.4 Å². The Morgan fingerprint density at radius 2 is 1.91 bits per heavy atom. The van der Waals surface area contributed by atoms with E-state index in [0.29, 0.717) is 35.7 Å². The van der Waals surface area contributed by atoms with Crippen LogP contribution < -0.4 is 15.4 Å². The molecule has 1 aliphatic rings. The van der Waals surface area contributed by atoms with Gasteiger partial charge in [0, 0.05) is 18.7 Å². The minimum absolute atomic E-state index is 0.209. The highest BCUT2D eigenvalue weighted by Crippen LogP contribution is 2.17. The minimum Gasteiger partial charge on any atom is -0.491 e. The molecule has 0 saturated heterocycles. The zero-order valence-corrected chi connectivity index (χ0v) is 13.6. The van der Waals surface area contributed by atoms with Crippen molar-refractivity contribution in [3.63, 3.8) is 0 Å². The van der Waals surface area contributed by atoms with Crippen LogP contribution in [0.2, 0.25) is 0 Å². The highest BCUT2D eigenvalue weighted by molar-refractivity contribution is 7.80. The molecule has 2 rings (SSSR count). The number of thiocarbonyl (C=S) groups is 1. The molecule has 2 N–H and O–H groups in total. The monoisotopic (exact) mass is 322 g/mol. The van der Waals surface area contributed by atoms with Gasteiger partial charge < -0.3 is 14.8 Å². The Morgan fingerprint density at radius 3 is 2.55 bits per heavy atom. The number of carbonyl (C=O) groups is 1. The molecular formula is C16H22N2O3S. The van der Waals surface area contributed by atoms with E-state index in [1.54, 1.807) is 31.4 Å². The zero-order chi connectivity index (χ0) is 15.8. The first kappa shape index (κ1) is 16.7. The largest absolute Gasteiger partial charge is 0.491 e. The summed E-state index contributed by atoms with van der Waals surface area (Å²) in [5.41, 5.74) is 0.551. The van der Waals surface area contributed by atoms with Gasteiger partial charge in [0.25, 0.3) is 5.91 Å². The van der Waals surface area contributed by atoms with Gasteiger partial charge >= 0.3 is 0 Å². The van der Waals surface area contributed by atoms with Crippen molar-refractivity contribution >= 4 is 23.2 Å². The van der Waals surface area contributed by atoms with E-state index in [1.165, 1.54) is 12.8 Å². The van der Waals surface area contributed by atoms with Crippen molar-refractivity contribution in [1.29, 1.82) is 0 Å². The number of nitrogens with one attached hydrogen (secondary N) is 2. The molecule has 0 unspecified atom stereocenters. The molecule has 1 aromatic carbocycles. The number of methoxy groups -OCH3 is 1. The van der Waals surface area contributed by atoms with E-state index in [4.69, 9.17) is 21.7 Å². The third-order valence-electron chi connectivity index (χ3n) is 3.59. The molecule has 1 amide bonds. The van der Waals surface area contributed by atoms with Gasteiger partial charge in [-0.1, -0.05) is 12.8 Å². The Balaban J connectivity index is 1.79. The lowest BCUT2D eigenvalue weighted by Gasteiger charge is -2.15. The molecule has 1 saturated carbocycles. The first-order valence-electron chi connectivity index (χ1n) is 7.52. The second-order valence-corrected chi connectivity index (χ2v) is 5.68. The first-order chi connectivity index (χ1) is 10.7. The number of hydrogen-bond acceptors (Lipinski definition) is 4. The van der Waals surface area contributed by atoms with Crippen LogP contribution in [-0.2, 0) is 4.74 Å². The summed E-state index contributed by atoms with van der Waals surface area (Å²) >= 11 is 5.18. The average molecular weight is 322 g/mol. The van der Waals surface area contributed by atoms with Gasteiger partial charge in [-0.2, -0.15) is 0 Å². The molecule has 1 aromatic rings. The third-order valence-corrected chi connectivity index (χ3v) is 3.81. The highest BCUT2D eigenvalue weighted by Gasteiger charge is 2.16. The summed E-state index contributed by atoms with van der Waals surface area (Å²) < 4.78 is 10.4. The first-order valence-corrected chi connectivity index (χ1v) is 7.93. The summed E-state index contributed by atoms with van der Waals surface area (Å²) in [6.45, 7) is 1.01. The van der Waals surface area contributed by atoms with Gasteiger partial charge in [-0.3, -0.25) is 10.1 Å². The molecule has 1 aliphatic carbocycles. The van der Waals surface area contributed by atoms with Crippen molar-refractivity contribution in [1.82, 2.24) is 10.6 Å². The zero-order valence-electron chi connectivity index (χ0n) is 12.8. The molecule has 0 spiro atoms. The predicted molar refractivity (Wildman–Crippen MR) is 89.3 cm³/mol. The summed E-state index contributed by atoms with van der Waals surface area (Å²) in [7, 11) is 1.62. The van der Waals surface area contributed by atoms with Crippen LogP contribution in [0.4, 0.5) is 0 Å². The average Bonchev–Trinajstić information content (AvgIpc) is 3.01. The molecular weight excluding hydrogens is 300 g/mol. The lowest BCUT2D eigenvalue weighted by molar-refractivity contribution is 0.0976. The number of rotatable bonds is 6. The van der Waals surface area contributed by atoms with Crippen LogP contribution in [0.25, 0.3) is 0 Å². The topological polar surface area (TPSA) is 59.6 Å². The molecule has 0 radical (unpaired) electrons. The Kier molecular flexibility index (Phi) is 6.61. The van der Waals surface area contributed by atoms with E-state index >= 15 is 0 Å². The van der Waals surface area contributed by atoms with Crippen molar-refractivity contribution < 1.29 is 14.3 Å². The molecule has 0 heterocycles. The summed E-state index contributed by atoms with van der Waals surface area (Å²) in [5.74, 6) is 0.499. The van der Waals surface area contributed by atoms with E-state index in [0.717, 1.165) is 12.8 Å². The van der Waals surface area contributed by atoms with Crippen LogP contribution in [0.1, 0.15) is 36.0 Å². The molecule has 0 atom stereocenters. The molecule has 0 bridgehead atoms. The van der Waals surface area contributed by atoms with E-state index in [2.05, 4.69) is 10.6 Å². The molecule has 120 valence electrons. The number of amides is 1. The van der Waals surface area contributed by atoms with Gasteiger partial charge in [0.05, 0.1) is 6.61 Å². The van der Waals surface area contributed by atoms with Crippen molar-refractivity contribution in [3.8, 4) is 5.75 Å². The van der Waals surface area contributed by atoms with Gasteiger partial charge in [-0.15, -0.1) is 0 Å². The fourth-order valence-corrected chi connectivity index (χ4v) is 2.67. The van der Waals surface area contributed by atoms with Gasteiger partial charge in [-0.05, 0) is 49.3 Å². The fourth-order valence-electron chi connectivity index (χ4n) is 2.41. The molecule has 0 aliphatic heterocycles. The summed E-state index contributed by atoms with van der Waals surface area (Å²) in [6.07, 6.45) is 4.67. The SMILES string of the molecule is COCCOc1ccc(C(=O)NC(=S)NC2CCCC2)cc1. The highest BCUT2D eigenvalue weighted by atomic mass is 32.1. The summed E-state index contributed by atoms with van der Waals surface area (Å²) in [5, 5.41) is 6.30. The van der Waals surface area contributed by atoms with Crippen molar-refractivity contribution in [2.75, 3.05) is 20.3 Å². The normalized spacial score (nSPS) is 14.6. The van der Waals surface area contributed by atoms with Crippen LogP contribution >= 0.6 is 12.2 Å². The van der Waals surface area contributed by atoms with Crippen LogP contribution in [0, 0.1) is 0 Å². The Labute approximate surface area is 136 Å². The van der Waals surface area contributed by atoms with Gasteiger partial charge in [-0.25, -0.2) is 0 Å². The third kappa shape index (κ3) is 5.27. The second-order valence-electron chi connectivity index (χ2n) is 5.27. The number of hydrogen-bond donors (Lipinski definition) is 2. The lowest BCUT2D eigenvalue weighted by atomic mass is 10.2. The van der Waals surface area contributed by atoms with E-state index in [1.807, 2.05) is 0 Å². The Hall–Kier alpha value is -1.66. The van der Waals surface area contributed by atoms with Gasteiger partial charge in [0.15, 0.2) is 5.11 Å². The quantitative estimate of drug-likeness (QED) is 0.621. The maximum absolute atomic E-state index is 12.1. The molecule has 1 fully saturated rings. The predicted octanol–water partition coefficient (Wildman–Crippen LogP) is 2.26. The van der Waals surface area contributed by atoms with Crippen LogP contribution in [0.15, 0.2) is 24.3 Å². The number of carbonyl (C=O) groups excluding carboxylic acids is 1. The fraction of sp³-hybridized carbons (Fsp3) is 0.500. The Morgan fingerprint density at radius 1 is 1.23 bits per heavy atom. The van der Waals surface area contributed by atoms with E-state index in [9.17, 15) is 4.79 Å². The maximum Gasteiger partial charge on any atom is 0.257 e. The Bertz CT molecular complexity index is 499. The number of benzene rings is 1. The van der Waals surface area contributed by atoms with Crippen LogP contribution in [-0.4, -0.2) is 37.4 Å². The minimum atomic E-state index is -0.209. The van der Waals surface area contributed by atoms with Crippen LogP contribution in [0.5, 0.6) is 5.75 Å². The number of ether oxygens (including phenoxy) is 2. The standard InChI is InChI=1S/C16H22N2O3S/c1-20-10-11-21-14-8-6-12(7-9-14)15(19)18-16(22)17-13-4-2-3-5-13/h6-9,13H,2-5,10-11H2,1H3,(H2,17,18,19,22). The summed E-state index contributed by atoms with van der Waals surface area (Å²) in [6, 6.07) is 7.35. The smallest absolute Gasteiger partial charge is 0.257 e. The van der Waals surface area contributed by atoms with Gasteiger partial charge in [0.2, 0.25) is 0 Å². The molecule has 6 heteroatoms. The van der Waals surface area contributed by atoms with E-state index in [-0.39, 0.29) is 5.91 Å².